The molecule has 1 atom stereocenters. The fourth-order valence-electron chi connectivity index (χ4n) is 3.83. The molecule has 0 N–H and O–H groups in total. The molecular formula is C22H31N3O2. The lowest BCUT2D eigenvalue weighted by atomic mass is 10.1. The van der Waals surface area contributed by atoms with Crippen molar-refractivity contribution in [2.24, 2.45) is 5.92 Å². The molecule has 0 saturated carbocycles. The zero-order chi connectivity index (χ0) is 19.4. The van der Waals surface area contributed by atoms with Gasteiger partial charge in [0.1, 0.15) is 0 Å². The SMILES string of the molecule is CC(C)(C)N1CC(C(=O)N2CCN(C/C=C/c3ccccc3)CC2)CC1=O. The van der Waals surface area contributed by atoms with E-state index in [2.05, 4.69) is 29.2 Å². The van der Waals surface area contributed by atoms with Crippen molar-refractivity contribution in [3.05, 3.63) is 42.0 Å². The number of nitrogens with zero attached hydrogens (tertiary/aromatic N) is 3. The molecule has 5 heteroatoms. The summed E-state index contributed by atoms with van der Waals surface area (Å²) in [6.07, 6.45) is 4.68. The quantitative estimate of drug-likeness (QED) is 0.819. The maximum Gasteiger partial charge on any atom is 0.228 e. The number of carbonyl (C=O) groups excluding carboxylic acids is 2. The molecule has 0 bridgehead atoms. The third-order valence-electron chi connectivity index (χ3n) is 5.44. The topological polar surface area (TPSA) is 43.9 Å². The average Bonchev–Trinajstić information content (AvgIpc) is 3.05. The second-order valence-corrected chi connectivity index (χ2v) is 8.52. The predicted octanol–water partition coefficient (Wildman–Crippen LogP) is 2.49. The van der Waals surface area contributed by atoms with E-state index in [1.807, 2.05) is 48.8 Å². The van der Waals surface area contributed by atoms with Crippen LogP contribution in [0.2, 0.25) is 0 Å². The van der Waals surface area contributed by atoms with Crippen molar-refractivity contribution in [1.82, 2.24) is 14.7 Å². The van der Waals surface area contributed by atoms with Crippen molar-refractivity contribution < 1.29 is 9.59 Å². The third-order valence-corrected chi connectivity index (χ3v) is 5.44. The van der Waals surface area contributed by atoms with Crippen LogP contribution in [0.5, 0.6) is 0 Å². The molecule has 1 aromatic rings. The lowest BCUT2D eigenvalue weighted by molar-refractivity contribution is -0.137. The first-order valence-electron chi connectivity index (χ1n) is 9.88. The molecule has 1 unspecified atom stereocenters. The van der Waals surface area contributed by atoms with Crippen LogP contribution in [0.25, 0.3) is 6.08 Å². The largest absolute Gasteiger partial charge is 0.340 e. The van der Waals surface area contributed by atoms with E-state index < -0.39 is 0 Å². The lowest BCUT2D eigenvalue weighted by Gasteiger charge is -2.36. The number of piperazine rings is 1. The Morgan fingerprint density at radius 1 is 1.11 bits per heavy atom. The van der Waals surface area contributed by atoms with Gasteiger partial charge in [-0.05, 0) is 26.3 Å². The third kappa shape index (κ3) is 4.98. The first-order chi connectivity index (χ1) is 12.8. The van der Waals surface area contributed by atoms with E-state index in [4.69, 9.17) is 0 Å². The Morgan fingerprint density at radius 2 is 1.78 bits per heavy atom. The Morgan fingerprint density at radius 3 is 2.37 bits per heavy atom. The molecule has 2 heterocycles. The van der Waals surface area contributed by atoms with Crippen molar-refractivity contribution in [2.75, 3.05) is 39.3 Å². The summed E-state index contributed by atoms with van der Waals surface area (Å²) in [6.45, 7) is 10.8. The Hall–Kier alpha value is -2.14. The Kier molecular flexibility index (Phi) is 6.00. The van der Waals surface area contributed by atoms with Crippen LogP contribution < -0.4 is 0 Å². The average molecular weight is 370 g/mol. The molecule has 2 aliphatic rings. The molecule has 0 spiro atoms. The van der Waals surface area contributed by atoms with Crippen LogP contribution in [0.15, 0.2) is 36.4 Å². The van der Waals surface area contributed by atoms with Gasteiger partial charge in [-0.25, -0.2) is 0 Å². The normalized spacial score (nSPS) is 22.0. The zero-order valence-electron chi connectivity index (χ0n) is 16.7. The summed E-state index contributed by atoms with van der Waals surface area (Å²) in [5.41, 5.74) is 0.997. The molecule has 27 heavy (non-hydrogen) atoms. The summed E-state index contributed by atoms with van der Waals surface area (Å²) in [5, 5.41) is 0. The number of hydrogen-bond donors (Lipinski definition) is 0. The summed E-state index contributed by atoms with van der Waals surface area (Å²) < 4.78 is 0. The molecule has 2 aliphatic heterocycles. The molecule has 3 rings (SSSR count). The molecule has 0 radical (unpaired) electrons. The van der Waals surface area contributed by atoms with Gasteiger partial charge in [-0.1, -0.05) is 42.5 Å². The van der Waals surface area contributed by atoms with Gasteiger partial charge >= 0.3 is 0 Å². The number of hydrogen-bond acceptors (Lipinski definition) is 3. The van der Waals surface area contributed by atoms with Crippen LogP contribution in [-0.2, 0) is 9.59 Å². The van der Waals surface area contributed by atoms with Gasteiger partial charge in [0.15, 0.2) is 0 Å². The van der Waals surface area contributed by atoms with Crippen LogP contribution in [0.1, 0.15) is 32.8 Å². The lowest BCUT2D eigenvalue weighted by Crippen LogP contribution is -2.51. The van der Waals surface area contributed by atoms with Crippen molar-refractivity contribution in [3.8, 4) is 0 Å². The summed E-state index contributed by atoms with van der Waals surface area (Å²) in [4.78, 5) is 31.2. The first kappa shape index (κ1) is 19.6. The summed E-state index contributed by atoms with van der Waals surface area (Å²) >= 11 is 0. The fourth-order valence-corrected chi connectivity index (χ4v) is 3.83. The van der Waals surface area contributed by atoms with Gasteiger partial charge in [0.25, 0.3) is 0 Å². The van der Waals surface area contributed by atoms with Crippen LogP contribution in [0, 0.1) is 5.92 Å². The van der Waals surface area contributed by atoms with Gasteiger partial charge in [0.05, 0.1) is 5.92 Å². The smallest absolute Gasteiger partial charge is 0.228 e. The molecule has 2 saturated heterocycles. The van der Waals surface area contributed by atoms with E-state index in [-0.39, 0.29) is 23.3 Å². The molecule has 0 aromatic heterocycles. The van der Waals surface area contributed by atoms with E-state index in [0.717, 1.165) is 32.7 Å². The van der Waals surface area contributed by atoms with Crippen LogP contribution >= 0.6 is 0 Å². The van der Waals surface area contributed by atoms with Gasteiger partial charge in [0, 0.05) is 51.2 Å². The molecule has 0 aliphatic carbocycles. The van der Waals surface area contributed by atoms with Gasteiger partial charge in [0.2, 0.25) is 11.8 Å². The number of carbonyl (C=O) groups is 2. The Balaban J connectivity index is 1.46. The minimum Gasteiger partial charge on any atom is -0.340 e. The summed E-state index contributed by atoms with van der Waals surface area (Å²) in [5.74, 6) is 0.0707. The minimum absolute atomic E-state index is 0.102. The van der Waals surface area contributed by atoms with Gasteiger partial charge in [-0.3, -0.25) is 14.5 Å². The second kappa shape index (κ2) is 8.26. The number of amides is 2. The molecule has 5 nitrogen and oxygen atoms in total. The predicted molar refractivity (Wildman–Crippen MR) is 108 cm³/mol. The van der Waals surface area contributed by atoms with Crippen molar-refractivity contribution in [1.29, 1.82) is 0 Å². The maximum atomic E-state index is 12.8. The van der Waals surface area contributed by atoms with Gasteiger partial charge < -0.3 is 9.80 Å². The fraction of sp³-hybridized carbons (Fsp3) is 0.545. The minimum atomic E-state index is -0.212. The highest BCUT2D eigenvalue weighted by molar-refractivity contribution is 5.89. The van der Waals surface area contributed by atoms with E-state index >= 15 is 0 Å². The van der Waals surface area contributed by atoms with E-state index in [9.17, 15) is 9.59 Å². The molecule has 2 amide bonds. The van der Waals surface area contributed by atoms with Crippen LogP contribution in [0.3, 0.4) is 0 Å². The number of likely N-dealkylation sites (tertiary alicyclic amines) is 1. The number of rotatable bonds is 4. The summed E-state index contributed by atoms with van der Waals surface area (Å²) in [7, 11) is 0. The van der Waals surface area contributed by atoms with Crippen LogP contribution in [-0.4, -0.2) is 71.3 Å². The first-order valence-corrected chi connectivity index (χ1v) is 9.88. The molecule has 1 aromatic carbocycles. The number of benzene rings is 1. The van der Waals surface area contributed by atoms with Crippen molar-refractivity contribution >= 4 is 17.9 Å². The zero-order valence-corrected chi connectivity index (χ0v) is 16.7. The van der Waals surface area contributed by atoms with E-state index in [1.54, 1.807) is 0 Å². The van der Waals surface area contributed by atoms with Gasteiger partial charge in [-0.15, -0.1) is 0 Å². The van der Waals surface area contributed by atoms with Crippen molar-refractivity contribution in [3.63, 3.8) is 0 Å². The standard InChI is InChI=1S/C22H31N3O2/c1-22(2,3)25-17-19(16-20(25)26)21(27)24-14-12-23(13-15-24)11-7-10-18-8-5-4-6-9-18/h4-10,19H,11-17H2,1-3H3/b10-7+. The molecule has 146 valence electrons. The maximum absolute atomic E-state index is 12.8. The Labute approximate surface area is 162 Å². The highest BCUT2D eigenvalue weighted by atomic mass is 16.2. The van der Waals surface area contributed by atoms with Crippen LogP contribution in [0.4, 0.5) is 0 Å². The van der Waals surface area contributed by atoms with Crippen molar-refractivity contribution in [2.45, 2.75) is 32.7 Å². The monoisotopic (exact) mass is 369 g/mol. The second-order valence-electron chi connectivity index (χ2n) is 8.52. The molecule has 2 fully saturated rings. The Bertz CT molecular complexity index is 685. The van der Waals surface area contributed by atoms with E-state index in [1.165, 1.54) is 5.56 Å². The summed E-state index contributed by atoms with van der Waals surface area (Å²) in [6, 6.07) is 10.3. The highest BCUT2D eigenvalue weighted by Crippen LogP contribution is 2.27. The van der Waals surface area contributed by atoms with Gasteiger partial charge in [-0.2, -0.15) is 0 Å². The molecular weight excluding hydrogens is 338 g/mol. The van der Waals surface area contributed by atoms with E-state index in [0.29, 0.717) is 13.0 Å². The highest BCUT2D eigenvalue weighted by Gasteiger charge is 2.41.